The van der Waals surface area contributed by atoms with Crippen molar-refractivity contribution in [2.24, 2.45) is 0 Å². The molecule has 0 bridgehead atoms. The lowest BCUT2D eigenvalue weighted by atomic mass is 9.92. The number of carboxylic acid groups (broad SMARTS) is 1. The van der Waals surface area contributed by atoms with Crippen molar-refractivity contribution in [3.05, 3.63) is 34.1 Å². The Morgan fingerprint density at radius 1 is 1.53 bits per heavy atom. The van der Waals surface area contributed by atoms with Gasteiger partial charge in [0.2, 0.25) is 0 Å². The zero-order chi connectivity index (χ0) is 14.6. The predicted molar refractivity (Wildman–Crippen MR) is 75.6 cm³/mol. The fourth-order valence-corrected chi connectivity index (χ4v) is 2.02. The first-order chi connectivity index (χ1) is 8.77. The van der Waals surface area contributed by atoms with Crippen molar-refractivity contribution in [1.82, 2.24) is 10.2 Å². The number of carboxylic acids is 1. The minimum absolute atomic E-state index is 0.256. The maximum absolute atomic E-state index is 13.2. The number of halogens is 2. The Balaban J connectivity index is 2.97. The van der Waals surface area contributed by atoms with Gasteiger partial charge in [0.25, 0.3) is 0 Å². The average Bonchev–Trinajstić information content (AvgIpc) is 2.31. The molecule has 0 radical (unpaired) electrons. The smallest absolute Gasteiger partial charge is 0.328 e. The fraction of sp³-hybridized carbons (Fsp3) is 0.462. The minimum Gasteiger partial charge on any atom is -0.480 e. The quantitative estimate of drug-likeness (QED) is 0.837. The van der Waals surface area contributed by atoms with Crippen LogP contribution < -0.4 is 5.32 Å². The van der Waals surface area contributed by atoms with E-state index in [-0.39, 0.29) is 4.47 Å². The highest BCUT2D eigenvalue weighted by Gasteiger charge is 2.34. The van der Waals surface area contributed by atoms with Crippen molar-refractivity contribution in [1.29, 1.82) is 0 Å². The van der Waals surface area contributed by atoms with Crippen LogP contribution in [0.1, 0.15) is 12.5 Å². The summed E-state index contributed by atoms with van der Waals surface area (Å²) in [5.41, 5.74) is -0.737. The Labute approximate surface area is 120 Å². The van der Waals surface area contributed by atoms with E-state index in [4.69, 9.17) is 0 Å². The second-order valence-electron chi connectivity index (χ2n) is 4.79. The van der Waals surface area contributed by atoms with Crippen LogP contribution in [0.15, 0.2) is 22.7 Å². The Morgan fingerprint density at radius 3 is 2.63 bits per heavy atom. The summed E-state index contributed by atoms with van der Waals surface area (Å²) in [6, 6.07) is 4.23. The molecule has 0 spiro atoms. The number of nitrogens with one attached hydrogen (secondary N) is 1. The Morgan fingerprint density at radius 2 is 2.16 bits per heavy atom. The van der Waals surface area contributed by atoms with Crippen molar-refractivity contribution < 1.29 is 14.3 Å². The van der Waals surface area contributed by atoms with E-state index in [1.165, 1.54) is 18.2 Å². The van der Waals surface area contributed by atoms with E-state index in [1.54, 1.807) is 6.92 Å². The van der Waals surface area contributed by atoms with Crippen LogP contribution in [0.2, 0.25) is 0 Å². The summed E-state index contributed by atoms with van der Waals surface area (Å²) in [4.78, 5) is 13.5. The normalized spacial score (nSPS) is 14.4. The maximum atomic E-state index is 13.2. The molecule has 2 N–H and O–H groups in total. The molecule has 1 aromatic rings. The first-order valence-corrected chi connectivity index (χ1v) is 6.65. The van der Waals surface area contributed by atoms with Crippen LogP contribution in [0, 0.1) is 5.82 Å². The molecule has 0 aromatic heterocycles. The van der Waals surface area contributed by atoms with Gasteiger partial charge in [0.05, 0.1) is 4.47 Å². The molecule has 4 nitrogen and oxygen atoms in total. The first-order valence-electron chi connectivity index (χ1n) is 5.86. The molecule has 1 rings (SSSR count). The number of hydrogen-bond donors (Lipinski definition) is 2. The van der Waals surface area contributed by atoms with Gasteiger partial charge in [0.1, 0.15) is 11.4 Å². The number of nitrogens with zero attached hydrogens (tertiary/aromatic N) is 1. The topological polar surface area (TPSA) is 52.6 Å². The first kappa shape index (κ1) is 16.1. The summed E-state index contributed by atoms with van der Waals surface area (Å²) < 4.78 is 13.5. The van der Waals surface area contributed by atoms with Crippen molar-refractivity contribution in [2.45, 2.75) is 12.5 Å². The number of rotatable bonds is 6. The van der Waals surface area contributed by atoms with Crippen molar-refractivity contribution >= 4 is 21.9 Å². The lowest BCUT2D eigenvalue weighted by molar-refractivity contribution is -0.144. The SMILES string of the molecule is CN(C)CCNC(C)(C(=O)O)c1ccc(F)c(Br)c1. The molecule has 106 valence electrons. The van der Waals surface area contributed by atoms with E-state index in [0.717, 1.165) is 0 Å². The molecule has 0 heterocycles. The maximum Gasteiger partial charge on any atom is 0.328 e. The third kappa shape index (κ3) is 3.99. The lowest BCUT2D eigenvalue weighted by Crippen LogP contribution is -2.48. The molecule has 1 atom stereocenters. The molecule has 0 aliphatic heterocycles. The Bertz CT molecular complexity index is 468. The van der Waals surface area contributed by atoms with Gasteiger partial charge < -0.3 is 10.0 Å². The summed E-state index contributed by atoms with van der Waals surface area (Å²) in [6.45, 7) is 2.81. The highest BCUT2D eigenvalue weighted by atomic mass is 79.9. The van der Waals surface area contributed by atoms with Crippen LogP contribution >= 0.6 is 15.9 Å². The summed E-state index contributed by atoms with van der Waals surface area (Å²) >= 11 is 3.08. The second kappa shape index (κ2) is 6.45. The highest BCUT2D eigenvalue weighted by Crippen LogP contribution is 2.26. The van der Waals surface area contributed by atoms with Gasteiger partial charge in [-0.2, -0.15) is 0 Å². The van der Waals surface area contributed by atoms with Gasteiger partial charge in [0.15, 0.2) is 0 Å². The molecule has 0 saturated heterocycles. The summed E-state index contributed by atoms with van der Waals surface area (Å²) in [5.74, 6) is -1.41. The predicted octanol–water partition coefficient (Wildman–Crippen LogP) is 2.04. The van der Waals surface area contributed by atoms with Gasteiger partial charge in [-0.3, -0.25) is 5.32 Å². The zero-order valence-electron chi connectivity index (χ0n) is 11.2. The molecular weight excluding hydrogens is 315 g/mol. The Hall–Kier alpha value is -0.980. The molecule has 0 fully saturated rings. The summed E-state index contributed by atoms with van der Waals surface area (Å²) in [5, 5.41) is 12.4. The van der Waals surface area contributed by atoms with Crippen LogP contribution in [-0.2, 0) is 10.3 Å². The molecular formula is C13H18BrFN2O2. The van der Waals surface area contributed by atoms with E-state index >= 15 is 0 Å². The van der Waals surface area contributed by atoms with Gasteiger partial charge in [-0.25, -0.2) is 9.18 Å². The van der Waals surface area contributed by atoms with Gasteiger partial charge >= 0.3 is 5.97 Å². The third-order valence-electron chi connectivity index (χ3n) is 2.96. The van der Waals surface area contributed by atoms with Crippen molar-refractivity contribution in [2.75, 3.05) is 27.2 Å². The molecule has 6 heteroatoms. The molecule has 1 aromatic carbocycles. The van der Waals surface area contributed by atoms with E-state index < -0.39 is 17.3 Å². The van der Waals surface area contributed by atoms with Gasteiger partial charge in [-0.1, -0.05) is 6.07 Å². The average molecular weight is 333 g/mol. The Kier molecular flexibility index (Phi) is 5.46. The van der Waals surface area contributed by atoms with Crippen LogP contribution in [0.3, 0.4) is 0 Å². The molecule has 0 amide bonds. The molecule has 1 unspecified atom stereocenters. The van der Waals surface area contributed by atoms with Gasteiger partial charge in [-0.15, -0.1) is 0 Å². The van der Waals surface area contributed by atoms with Crippen LogP contribution in [0.5, 0.6) is 0 Å². The lowest BCUT2D eigenvalue weighted by Gasteiger charge is -2.28. The molecule has 0 aliphatic rings. The van der Waals surface area contributed by atoms with Gasteiger partial charge in [-0.05, 0) is 54.6 Å². The van der Waals surface area contributed by atoms with Crippen LogP contribution in [-0.4, -0.2) is 43.2 Å². The van der Waals surface area contributed by atoms with Crippen molar-refractivity contribution in [3.8, 4) is 0 Å². The molecule has 19 heavy (non-hydrogen) atoms. The number of carbonyl (C=O) groups is 1. The minimum atomic E-state index is -1.24. The van der Waals surface area contributed by atoms with E-state index in [2.05, 4.69) is 21.2 Å². The number of hydrogen-bond acceptors (Lipinski definition) is 3. The number of likely N-dealkylation sites (N-methyl/N-ethyl adjacent to an activating group) is 1. The van der Waals surface area contributed by atoms with Crippen molar-refractivity contribution in [3.63, 3.8) is 0 Å². The highest BCUT2D eigenvalue weighted by molar-refractivity contribution is 9.10. The monoisotopic (exact) mass is 332 g/mol. The molecule has 0 saturated carbocycles. The fourth-order valence-electron chi connectivity index (χ4n) is 1.64. The van der Waals surface area contributed by atoms with Crippen LogP contribution in [0.25, 0.3) is 0 Å². The van der Waals surface area contributed by atoms with Gasteiger partial charge in [0, 0.05) is 13.1 Å². The third-order valence-corrected chi connectivity index (χ3v) is 3.57. The van der Waals surface area contributed by atoms with Crippen LogP contribution in [0.4, 0.5) is 4.39 Å². The summed E-state index contributed by atoms with van der Waals surface area (Å²) in [7, 11) is 3.82. The van der Waals surface area contributed by atoms with E-state index in [1.807, 2.05) is 19.0 Å². The number of benzene rings is 1. The largest absolute Gasteiger partial charge is 0.480 e. The zero-order valence-corrected chi connectivity index (χ0v) is 12.8. The van der Waals surface area contributed by atoms with E-state index in [9.17, 15) is 14.3 Å². The molecule has 0 aliphatic carbocycles. The summed E-state index contributed by atoms with van der Waals surface area (Å²) in [6.07, 6.45) is 0. The second-order valence-corrected chi connectivity index (χ2v) is 5.64. The number of aliphatic carboxylic acids is 1. The standard InChI is InChI=1S/C13H18BrFN2O2/c1-13(12(18)19,16-6-7-17(2)3)9-4-5-11(15)10(14)8-9/h4-5,8,16H,6-7H2,1-3H3,(H,18,19). The van der Waals surface area contributed by atoms with E-state index in [0.29, 0.717) is 18.7 Å².